The van der Waals surface area contributed by atoms with Crippen LogP contribution in [0.15, 0.2) is 18.2 Å². The van der Waals surface area contributed by atoms with E-state index in [2.05, 4.69) is 37.4 Å². The summed E-state index contributed by atoms with van der Waals surface area (Å²) >= 11 is 0. The van der Waals surface area contributed by atoms with Gasteiger partial charge in [0, 0.05) is 12.7 Å². The Hall–Kier alpha value is -0.980. The second kappa shape index (κ2) is 4.15. The molecule has 12 heavy (non-hydrogen) atoms. The van der Waals surface area contributed by atoms with Gasteiger partial charge in [-0.25, -0.2) is 0 Å². The van der Waals surface area contributed by atoms with Crippen molar-refractivity contribution in [2.24, 2.45) is 0 Å². The molecule has 0 heterocycles. The summed E-state index contributed by atoms with van der Waals surface area (Å²) in [6.07, 6.45) is 2.40. The lowest BCUT2D eigenvalue weighted by molar-refractivity contribution is 0.913. The van der Waals surface area contributed by atoms with Crippen LogP contribution in [0.1, 0.15) is 24.5 Å². The monoisotopic (exact) mass is 163 g/mol. The molecule has 0 fully saturated rings. The van der Waals surface area contributed by atoms with Crippen molar-refractivity contribution in [3.8, 4) is 0 Å². The molecule has 1 nitrogen and oxygen atoms in total. The molecule has 0 aliphatic rings. The highest BCUT2D eigenvalue weighted by atomic mass is 14.8. The van der Waals surface area contributed by atoms with Gasteiger partial charge in [0.15, 0.2) is 0 Å². The Morgan fingerprint density at radius 1 is 1.33 bits per heavy atom. The molecule has 0 radical (unpaired) electrons. The number of rotatable bonds is 3. The fourth-order valence-corrected chi connectivity index (χ4v) is 1.37. The lowest BCUT2D eigenvalue weighted by Gasteiger charge is -2.07. The Morgan fingerprint density at radius 2 is 2.08 bits per heavy atom. The van der Waals surface area contributed by atoms with Gasteiger partial charge in [-0.3, -0.25) is 0 Å². The molecule has 0 amide bonds. The molecule has 0 bridgehead atoms. The Balaban J connectivity index is 2.91. The van der Waals surface area contributed by atoms with E-state index in [-0.39, 0.29) is 0 Å². The molecule has 0 spiro atoms. The number of nitrogens with one attached hydrogen (secondary N) is 1. The highest BCUT2D eigenvalue weighted by Crippen LogP contribution is 2.15. The second-order valence-corrected chi connectivity index (χ2v) is 3.14. The van der Waals surface area contributed by atoms with E-state index < -0.39 is 0 Å². The summed E-state index contributed by atoms with van der Waals surface area (Å²) in [4.78, 5) is 0. The van der Waals surface area contributed by atoms with Crippen molar-refractivity contribution in [1.29, 1.82) is 0 Å². The molecule has 1 heteroatoms. The van der Waals surface area contributed by atoms with Crippen molar-refractivity contribution in [2.45, 2.75) is 26.7 Å². The summed E-state index contributed by atoms with van der Waals surface area (Å²) in [5, 5.41) is 3.15. The van der Waals surface area contributed by atoms with Crippen LogP contribution in [0.2, 0.25) is 0 Å². The van der Waals surface area contributed by atoms with Crippen molar-refractivity contribution in [2.75, 3.05) is 12.4 Å². The van der Waals surface area contributed by atoms with Crippen LogP contribution in [-0.2, 0) is 6.42 Å². The van der Waals surface area contributed by atoms with E-state index in [4.69, 9.17) is 0 Å². The standard InChI is InChI=1S/C11H17N/c1-4-5-10-8-11(12-3)7-6-9(10)2/h6-8,12H,4-5H2,1-3H3. The van der Waals surface area contributed by atoms with E-state index in [9.17, 15) is 0 Å². The smallest absolute Gasteiger partial charge is 0.0340 e. The van der Waals surface area contributed by atoms with E-state index in [1.54, 1.807) is 0 Å². The first-order chi connectivity index (χ1) is 5.77. The van der Waals surface area contributed by atoms with Crippen LogP contribution in [0, 0.1) is 6.92 Å². The summed E-state index contributed by atoms with van der Waals surface area (Å²) in [7, 11) is 1.96. The summed E-state index contributed by atoms with van der Waals surface area (Å²) < 4.78 is 0. The third kappa shape index (κ3) is 2.00. The van der Waals surface area contributed by atoms with Gasteiger partial charge in [0.05, 0.1) is 0 Å². The van der Waals surface area contributed by atoms with Gasteiger partial charge in [-0.1, -0.05) is 19.4 Å². The largest absolute Gasteiger partial charge is 0.388 e. The molecule has 66 valence electrons. The predicted octanol–water partition coefficient (Wildman–Crippen LogP) is 2.99. The van der Waals surface area contributed by atoms with Crippen LogP contribution in [0.5, 0.6) is 0 Å². The fraction of sp³-hybridized carbons (Fsp3) is 0.455. The minimum atomic E-state index is 1.18. The summed E-state index contributed by atoms with van der Waals surface area (Å²) in [5.74, 6) is 0. The number of hydrogen-bond donors (Lipinski definition) is 1. The fourth-order valence-electron chi connectivity index (χ4n) is 1.37. The quantitative estimate of drug-likeness (QED) is 0.722. The van der Waals surface area contributed by atoms with E-state index in [0.29, 0.717) is 0 Å². The summed E-state index contributed by atoms with van der Waals surface area (Å²) in [5.41, 5.74) is 4.07. The predicted molar refractivity (Wildman–Crippen MR) is 54.7 cm³/mol. The van der Waals surface area contributed by atoms with E-state index >= 15 is 0 Å². The minimum Gasteiger partial charge on any atom is -0.388 e. The molecule has 0 unspecified atom stereocenters. The van der Waals surface area contributed by atoms with Crippen LogP contribution >= 0.6 is 0 Å². The van der Waals surface area contributed by atoms with Gasteiger partial charge in [0.1, 0.15) is 0 Å². The Morgan fingerprint density at radius 3 is 2.67 bits per heavy atom. The van der Waals surface area contributed by atoms with Crippen molar-refractivity contribution in [3.63, 3.8) is 0 Å². The third-order valence-corrected chi connectivity index (χ3v) is 2.16. The Kier molecular flexibility index (Phi) is 3.15. The lowest BCUT2D eigenvalue weighted by Crippen LogP contribution is -1.93. The topological polar surface area (TPSA) is 12.0 Å². The zero-order chi connectivity index (χ0) is 8.97. The molecule has 0 saturated heterocycles. The second-order valence-electron chi connectivity index (χ2n) is 3.14. The van der Waals surface area contributed by atoms with E-state index in [1.807, 2.05) is 7.05 Å². The molecule has 0 aliphatic carbocycles. The molecule has 1 N–H and O–H groups in total. The highest BCUT2D eigenvalue weighted by Gasteiger charge is 1.97. The maximum Gasteiger partial charge on any atom is 0.0340 e. The molecule has 0 saturated carbocycles. The van der Waals surface area contributed by atoms with Crippen LogP contribution in [0.25, 0.3) is 0 Å². The van der Waals surface area contributed by atoms with Crippen LogP contribution in [0.4, 0.5) is 5.69 Å². The van der Waals surface area contributed by atoms with Gasteiger partial charge in [-0.15, -0.1) is 0 Å². The molecular formula is C11H17N. The molecule has 1 aromatic rings. The van der Waals surface area contributed by atoms with Crippen molar-refractivity contribution >= 4 is 5.69 Å². The molecule has 1 rings (SSSR count). The van der Waals surface area contributed by atoms with Gasteiger partial charge in [0.25, 0.3) is 0 Å². The Labute approximate surface area is 74.8 Å². The van der Waals surface area contributed by atoms with Crippen molar-refractivity contribution in [1.82, 2.24) is 0 Å². The average Bonchev–Trinajstić information content (AvgIpc) is 2.09. The maximum absolute atomic E-state index is 3.15. The Bertz CT molecular complexity index is 253. The number of anilines is 1. The first kappa shape index (κ1) is 9.11. The molecule has 0 aliphatic heterocycles. The van der Waals surface area contributed by atoms with Gasteiger partial charge in [0.2, 0.25) is 0 Å². The minimum absolute atomic E-state index is 1.18. The van der Waals surface area contributed by atoms with Crippen LogP contribution in [-0.4, -0.2) is 7.05 Å². The summed E-state index contributed by atoms with van der Waals surface area (Å²) in [6, 6.07) is 6.53. The molecule has 0 atom stereocenters. The number of hydrogen-bond acceptors (Lipinski definition) is 1. The van der Waals surface area contributed by atoms with Gasteiger partial charge >= 0.3 is 0 Å². The third-order valence-electron chi connectivity index (χ3n) is 2.16. The average molecular weight is 163 g/mol. The van der Waals surface area contributed by atoms with Crippen molar-refractivity contribution < 1.29 is 0 Å². The summed E-state index contributed by atoms with van der Waals surface area (Å²) in [6.45, 7) is 4.38. The molecule has 1 aromatic carbocycles. The number of aryl methyl sites for hydroxylation is 2. The zero-order valence-electron chi connectivity index (χ0n) is 8.15. The van der Waals surface area contributed by atoms with Gasteiger partial charge in [-0.05, 0) is 36.6 Å². The van der Waals surface area contributed by atoms with Gasteiger partial charge in [-0.2, -0.15) is 0 Å². The SMILES string of the molecule is CCCc1cc(NC)ccc1C. The molecule has 0 aromatic heterocycles. The van der Waals surface area contributed by atoms with Crippen LogP contribution in [0.3, 0.4) is 0 Å². The normalized spacial score (nSPS) is 9.92. The van der Waals surface area contributed by atoms with Crippen LogP contribution < -0.4 is 5.32 Å². The lowest BCUT2D eigenvalue weighted by atomic mass is 10.0. The number of benzene rings is 1. The zero-order valence-corrected chi connectivity index (χ0v) is 8.15. The van der Waals surface area contributed by atoms with Gasteiger partial charge < -0.3 is 5.32 Å². The highest BCUT2D eigenvalue weighted by molar-refractivity contribution is 5.47. The van der Waals surface area contributed by atoms with E-state index in [1.165, 1.54) is 29.7 Å². The first-order valence-electron chi connectivity index (χ1n) is 4.55. The van der Waals surface area contributed by atoms with E-state index in [0.717, 1.165) is 0 Å². The molecular weight excluding hydrogens is 146 g/mol. The van der Waals surface area contributed by atoms with Crippen molar-refractivity contribution in [3.05, 3.63) is 29.3 Å². The first-order valence-corrected chi connectivity index (χ1v) is 4.55. The maximum atomic E-state index is 3.15.